The van der Waals surface area contributed by atoms with Gasteiger partial charge in [-0.25, -0.2) is 0 Å². The van der Waals surface area contributed by atoms with Gasteiger partial charge in [0.1, 0.15) is 0 Å². The zero-order chi connectivity index (χ0) is 9.54. The van der Waals surface area contributed by atoms with E-state index in [1.807, 2.05) is 0 Å². The van der Waals surface area contributed by atoms with Crippen LogP contribution in [0.1, 0.15) is 32.6 Å². The molecule has 1 aliphatic carbocycles. The lowest BCUT2D eigenvalue weighted by atomic mass is 9.89. The number of hydrogen-bond acceptors (Lipinski definition) is 3. The SMILES string of the molecule is CCC1COC(C2CCC3OC3C2)O1. The molecule has 0 amide bonds. The minimum atomic E-state index is 0.0603. The number of fused-ring (bicyclic) bond motifs is 1. The van der Waals surface area contributed by atoms with E-state index in [2.05, 4.69) is 6.92 Å². The first-order chi connectivity index (χ1) is 6.86. The molecule has 80 valence electrons. The maximum Gasteiger partial charge on any atom is 0.161 e. The molecule has 2 aliphatic heterocycles. The summed E-state index contributed by atoms with van der Waals surface area (Å²) in [6.45, 7) is 2.93. The molecule has 2 saturated heterocycles. The fourth-order valence-corrected chi connectivity index (χ4v) is 2.61. The Kier molecular flexibility index (Phi) is 2.26. The smallest absolute Gasteiger partial charge is 0.161 e. The molecule has 0 radical (unpaired) electrons. The van der Waals surface area contributed by atoms with Gasteiger partial charge in [0.15, 0.2) is 6.29 Å². The predicted molar refractivity (Wildman–Crippen MR) is 50.9 cm³/mol. The second-order valence-corrected chi connectivity index (χ2v) is 4.65. The van der Waals surface area contributed by atoms with Crippen LogP contribution >= 0.6 is 0 Å². The molecule has 0 bridgehead atoms. The minimum absolute atomic E-state index is 0.0603. The van der Waals surface area contributed by atoms with Crippen LogP contribution in [0.15, 0.2) is 0 Å². The van der Waals surface area contributed by atoms with Gasteiger partial charge in [-0.3, -0.25) is 0 Å². The Morgan fingerprint density at radius 3 is 2.79 bits per heavy atom. The van der Waals surface area contributed by atoms with Crippen LogP contribution in [0.5, 0.6) is 0 Å². The summed E-state index contributed by atoms with van der Waals surface area (Å²) in [5.74, 6) is 0.579. The Morgan fingerprint density at radius 1 is 1.14 bits per heavy atom. The molecule has 5 atom stereocenters. The maximum atomic E-state index is 5.84. The molecule has 3 nitrogen and oxygen atoms in total. The fraction of sp³-hybridized carbons (Fsp3) is 1.00. The molecule has 3 heteroatoms. The summed E-state index contributed by atoms with van der Waals surface area (Å²) in [6.07, 6.45) is 6.12. The van der Waals surface area contributed by atoms with Gasteiger partial charge in [0.2, 0.25) is 0 Å². The van der Waals surface area contributed by atoms with Crippen LogP contribution < -0.4 is 0 Å². The van der Waals surface area contributed by atoms with Gasteiger partial charge in [0.25, 0.3) is 0 Å². The zero-order valence-corrected chi connectivity index (χ0v) is 8.65. The van der Waals surface area contributed by atoms with Crippen molar-refractivity contribution < 1.29 is 14.2 Å². The van der Waals surface area contributed by atoms with Crippen LogP contribution in [0.3, 0.4) is 0 Å². The summed E-state index contributed by atoms with van der Waals surface area (Å²) in [6, 6.07) is 0. The molecule has 3 fully saturated rings. The molecule has 0 N–H and O–H groups in total. The molecule has 3 rings (SSSR count). The molecule has 5 unspecified atom stereocenters. The van der Waals surface area contributed by atoms with Gasteiger partial charge in [-0.1, -0.05) is 6.92 Å². The normalized spacial score (nSPS) is 51.6. The minimum Gasteiger partial charge on any atom is -0.370 e. The summed E-state index contributed by atoms with van der Waals surface area (Å²) >= 11 is 0. The maximum absolute atomic E-state index is 5.84. The van der Waals surface area contributed by atoms with E-state index in [-0.39, 0.29) is 6.29 Å². The highest BCUT2D eigenvalue weighted by Gasteiger charge is 2.47. The molecular weight excluding hydrogens is 180 g/mol. The lowest BCUT2D eigenvalue weighted by Crippen LogP contribution is -2.27. The lowest BCUT2D eigenvalue weighted by molar-refractivity contribution is -0.103. The summed E-state index contributed by atoms with van der Waals surface area (Å²) in [4.78, 5) is 0. The van der Waals surface area contributed by atoms with E-state index in [1.165, 1.54) is 12.8 Å². The van der Waals surface area contributed by atoms with E-state index in [9.17, 15) is 0 Å². The second-order valence-electron chi connectivity index (χ2n) is 4.65. The third kappa shape index (κ3) is 1.58. The van der Waals surface area contributed by atoms with Crippen molar-refractivity contribution in [2.24, 2.45) is 5.92 Å². The average molecular weight is 198 g/mol. The lowest BCUT2D eigenvalue weighted by Gasteiger charge is -2.24. The Hall–Kier alpha value is -0.120. The van der Waals surface area contributed by atoms with Crippen LogP contribution in [0.2, 0.25) is 0 Å². The van der Waals surface area contributed by atoms with E-state index in [1.54, 1.807) is 0 Å². The van der Waals surface area contributed by atoms with Crippen LogP contribution in [-0.2, 0) is 14.2 Å². The summed E-state index contributed by atoms with van der Waals surface area (Å²) in [7, 11) is 0. The molecule has 1 saturated carbocycles. The van der Waals surface area contributed by atoms with Gasteiger partial charge in [-0.2, -0.15) is 0 Å². The zero-order valence-electron chi connectivity index (χ0n) is 8.65. The van der Waals surface area contributed by atoms with Crippen LogP contribution in [0.25, 0.3) is 0 Å². The van der Waals surface area contributed by atoms with Crippen molar-refractivity contribution in [2.75, 3.05) is 6.61 Å². The summed E-state index contributed by atoms with van der Waals surface area (Å²) in [5.41, 5.74) is 0. The third-order valence-corrected chi connectivity index (χ3v) is 3.66. The number of hydrogen-bond donors (Lipinski definition) is 0. The van der Waals surface area contributed by atoms with E-state index in [0.717, 1.165) is 19.4 Å². The van der Waals surface area contributed by atoms with E-state index in [0.29, 0.717) is 24.2 Å². The van der Waals surface area contributed by atoms with Gasteiger partial charge in [0.05, 0.1) is 24.9 Å². The molecule has 0 aromatic carbocycles. The highest BCUT2D eigenvalue weighted by Crippen LogP contribution is 2.42. The first-order valence-electron chi connectivity index (χ1n) is 5.79. The van der Waals surface area contributed by atoms with Gasteiger partial charge < -0.3 is 14.2 Å². The quantitative estimate of drug-likeness (QED) is 0.633. The second kappa shape index (κ2) is 3.47. The molecule has 0 aromatic rings. The fourth-order valence-electron chi connectivity index (χ4n) is 2.61. The van der Waals surface area contributed by atoms with Gasteiger partial charge in [-0.15, -0.1) is 0 Å². The number of epoxide rings is 1. The molecule has 3 aliphatic rings. The molecular formula is C11H18O3. The summed E-state index contributed by atoms with van der Waals surface area (Å²) < 4.78 is 17.0. The number of rotatable bonds is 2. The Labute approximate surface area is 84.7 Å². The average Bonchev–Trinajstić information content (AvgIpc) is 2.84. The van der Waals surface area contributed by atoms with E-state index in [4.69, 9.17) is 14.2 Å². The van der Waals surface area contributed by atoms with Gasteiger partial charge in [0, 0.05) is 5.92 Å². The largest absolute Gasteiger partial charge is 0.370 e. The first-order valence-corrected chi connectivity index (χ1v) is 5.79. The van der Waals surface area contributed by atoms with Gasteiger partial charge >= 0.3 is 0 Å². The van der Waals surface area contributed by atoms with Crippen molar-refractivity contribution in [3.63, 3.8) is 0 Å². The van der Waals surface area contributed by atoms with Crippen molar-refractivity contribution in [2.45, 2.75) is 57.2 Å². The van der Waals surface area contributed by atoms with Crippen LogP contribution in [0, 0.1) is 5.92 Å². The monoisotopic (exact) mass is 198 g/mol. The highest BCUT2D eigenvalue weighted by atomic mass is 16.7. The van der Waals surface area contributed by atoms with Crippen LogP contribution in [-0.4, -0.2) is 31.2 Å². The first kappa shape index (κ1) is 9.13. The standard InChI is InChI=1S/C11H18O3/c1-2-8-6-12-11(13-8)7-3-4-9-10(5-7)14-9/h7-11H,2-6H2,1H3. The van der Waals surface area contributed by atoms with E-state index >= 15 is 0 Å². The topological polar surface area (TPSA) is 31.0 Å². The molecule has 0 aromatic heterocycles. The molecule has 0 spiro atoms. The summed E-state index contributed by atoms with van der Waals surface area (Å²) in [5, 5.41) is 0. The van der Waals surface area contributed by atoms with Crippen molar-refractivity contribution in [3.05, 3.63) is 0 Å². The Bertz CT molecular complexity index is 219. The van der Waals surface area contributed by atoms with Crippen molar-refractivity contribution >= 4 is 0 Å². The van der Waals surface area contributed by atoms with E-state index < -0.39 is 0 Å². The Balaban J connectivity index is 1.55. The molecule has 14 heavy (non-hydrogen) atoms. The van der Waals surface area contributed by atoms with Crippen molar-refractivity contribution in [3.8, 4) is 0 Å². The molecule has 2 heterocycles. The van der Waals surface area contributed by atoms with Gasteiger partial charge in [-0.05, 0) is 25.7 Å². The van der Waals surface area contributed by atoms with Crippen molar-refractivity contribution in [1.29, 1.82) is 0 Å². The number of ether oxygens (including phenoxy) is 3. The van der Waals surface area contributed by atoms with Crippen LogP contribution in [0.4, 0.5) is 0 Å². The highest BCUT2D eigenvalue weighted by molar-refractivity contribution is 4.93. The predicted octanol–water partition coefficient (Wildman–Crippen LogP) is 1.71. The Morgan fingerprint density at radius 2 is 2.07 bits per heavy atom. The van der Waals surface area contributed by atoms with Crippen molar-refractivity contribution in [1.82, 2.24) is 0 Å². The third-order valence-electron chi connectivity index (χ3n) is 3.66.